The lowest BCUT2D eigenvalue weighted by Crippen LogP contribution is -2.26. The molecule has 2 saturated carbocycles. The Morgan fingerprint density at radius 3 is 2.18 bits per heavy atom. The number of hydrogen-bond donors (Lipinski definition) is 0. The van der Waals surface area contributed by atoms with E-state index in [1.54, 1.807) is 0 Å². The molecule has 0 aliphatic heterocycles. The van der Waals surface area contributed by atoms with Crippen molar-refractivity contribution in [3.8, 4) is 0 Å². The molecule has 0 bridgehead atoms. The van der Waals surface area contributed by atoms with Gasteiger partial charge in [-0.3, -0.25) is 0 Å². The van der Waals surface area contributed by atoms with Crippen molar-refractivity contribution < 1.29 is 4.74 Å². The fourth-order valence-electron chi connectivity index (χ4n) is 2.53. The molecule has 64 valence electrons. The molecule has 0 unspecified atom stereocenters. The van der Waals surface area contributed by atoms with Gasteiger partial charge in [-0.1, -0.05) is 19.3 Å². The molecule has 0 atom stereocenters. The Labute approximate surface area is 69.1 Å². The summed E-state index contributed by atoms with van der Waals surface area (Å²) in [6.07, 6.45) is 9.84. The molecule has 1 heteroatoms. The van der Waals surface area contributed by atoms with Crippen molar-refractivity contribution in [3.05, 3.63) is 0 Å². The molecule has 0 heterocycles. The average Bonchev–Trinajstić information content (AvgIpc) is 2.86. The van der Waals surface area contributed by atoms with Gasteiger partial charge in [0.05, 0.1) is 5.60 Å². The molecular formula is C10H18O. The summed E-state index contributed by atoms with van der Waals surface area (Å²) >= 11 is 0. The third-order valence-electron chi connectivity index (χ3n) is 3.50. The van der Waals surface area contributed by atoms with Crippen LogP contribution < -0.4 is 0 Å². The van der Waals surface area contributed by atoms with Crippen molar-refractivity contribution >= 4 is 0 Å². The molecule has 1 nitrogen and oxygen atoms in total. The molecule has 0 saturated heterocycles. The SMILES string of the molecule is COC1(C2CCCCC2)CC1. The molecule has 0 aromatic heterocycles. The first-order valence-electron chi connectivity index (χ1n) is 4.92. The Bertz CT molecular complexity index is 132. The maximum atomic E-state index is 5.59. The highest BCUT2D eigenvalue weighted by Crippen LogP contribution is 2.50. The van der Waals surface area contributed by atoms with Crippen LogP contribution in [0.4, 0.5) is 0 Å². The van der Waals surface area contributed by atoms with Crippen LogP contribution in [0, 0.1) is 5.92 Å². The number of ether oxygens (including phenoxy) is 1. The third-order valence-corrected chi connectivity index (χ3v) is 3.50. The van der Waals surface area contributed by atoms with E-state index < -0.39 is 0 Å². The Balaban J connectivity index is 1.92. The van der Waals surface area contributed by atoms with E-state index in [-0.39, 0.29) is 0 Å². The van der Waals surface area contributed by atoms with Crippen molar-refractivity contribution in [1.29, 1.82) is 0 Å². The predicted molar refractivity (Wildman–Crippen MR) is 45.5 cm³/mol. The molecule has 0 aromatic rings. The van der Waals surface area contributed by atoms with Crippen molar-refractivity contribution in [2.75, 3.05) is 7.11 Å². The van der Waals surface area contributed by atoms with Gasteiger partial charge in [0, 0.05) is 7.11 Å². The monoisotopic (exact) mass is 154 g/mol. The molecule has 2 rings (SSSR count). The molecular weight excluding hydrogens is 136 g/mol. The first-order chi connectivity index (χ1) is 5.37. The van der Waals surface area contributed by atoms with E-state index in [4.69, 9.17) is 4.74 Å². The van der Waals surface area contributed by atoms with E-state index in [1.165, 1.54) is 44.9 Å². The minimum atomic E-state index is 0.362. The van der Waals surface area contributed by atoms with Crippen LogP contribution in [-0.4, -0.2) is 12.7 Å². The standard InChI is InChI=1S/C10H18O/c1-11-10(7-8-10)9-5-3-2-4-6-9/h9H,2-8H2,1H3. The van der Waals surface area contributed by atoms with Gasteiger partial charge < -0.3 is 4.74 Å². The second-order valence-corrected chi connectivity index (χ2v) is 4.10. The zero-order chi connectivity index (χ0) is 7.73. The summed E-state index contributed by atoms with van der Waals surface area (Å²) in [6.45, 7) is 0. The topological polar surface area (TPSA) is 9.23 Å². The van der Waals surface area contributed by atoms with Gasteiger partial charge in [-0.05, 0) is 31.6 Å². The fourth-order valence-corrected chi connectivity index (χ4v) is 2.53. The van der Waals surface area contributed by atoms with E-state index in [0.29, 0.717) is 5.60 Å². The minimum absolute atomic E-state index is 0.362. The zero-order valence-corrected chi connectivity index (χ0v) is 7.44. The van der Waals surface area contributed by atoms with Gasteiger partial charge >= 0.3 is 0 Å². The maximum Gasteiger partial charge on any atom is 0.0708 e. The zero-order valence-electron chi connectivity index (χ0n) is 7.44. The van der Waals surface area contributed by atoms with Crippen LogP contribution in [-0.2, 0) is 4.74 Å². The summed E-state index contributed by atoms with van der Waals surface area (Å²) in [7, 11) is 1.89. The first kappa shape index (κ1) is 7.60. The number of hydrogen-bond acceptors (Lipinski definition) is 1. The van der Waals surface area contributed by atoms with Gasteiger partial charge in [0.2, 0.25) is 0 Å². The van der Waals surface area contributed by atoms with Gasteiger partial charge in [0.15, 0.2) is 0 Å². The van der Waals surface area contributed by atoms with Crippen molar-refractivity contribution in [1.82, 2.24) is 0 Å². The third kappa shape index (κ3) is 1.31. The molecule has 0 spiro atoms. The van der Waals surface area contributed by atoms with Gasteiger partial charge in [-0.25, -0.2) is 0 Å². The molecule has 0 aromatic carbocycles. The smallest absolute Gasteiger partial charge is 0.0708 e. The molecule has 2 aliphatic rings. The summed E-state index contributed by atoms with van der Waals surface area (Å²) in [5, 5.41) is 0. The van der Waals surface area contributed by atoms with Crippen LogP contribution in [0.15, 0.2) is 0 Å². The van der Waals surface area contributed by atoms with Gasteiger partial charge in [-0.2, -0.15) is 0 Å². The molecule has 0 amide bonds. The van der Waals surface area contributed by atoms with E-state index in [0.717, 1.165) is 5.92 Å². The summed E-state index contributed by atoms with van der Waals surface area (Å²) in [5.74, 6) is 0.904. The van der Waals surface area contributed by atoms with E-state index in [1.807, 2.05) is 7.11 Å². The van der Waals surface area contributed by atoms with Gasteiger partial charge in [-0.15, -0.1) is 0 Å². The quantitative estimate of drug-likeness (QED) is 0.594. The van der Waals surface area contributed by atoms with Crippen LogP contribution in [0.25, 0.3) is 0 Å². The lowest BCUT2D eigenvalue weighted by Gasteiger charge is -2.29. The Morgan fingerprint density at radius 2 is 1.73 bits per heavy atom. The van der Waals surface area contributed by atoms with Crippen LogP contribution in [0.5, 0.6) is 0 Å². The van der Waals surface area contributed by atoms with E-state index >= 15 is 0 Å². The second-order valence-electron chi connectivity index (χ2n) is 4.10. The van der Waals surface area contributed by atoms with E-state index in [9.17, 15) is 0 Å². The van der Waals surface area contributed by atoms with Crippen LogP contribution >= 0.6 is 0 Å². The predicted octanol–water partition coefficient (Wildman–Crippen LogP) is 2.75. The Kier molecular flexibility index (Phi) is 1.92. The maximum absolute atomic E-state index is 5.59. The number of methoxy groups -OCH3 is 1. The molecule has 0 N–H and O–H groups in total. The summed E-state index contributed by atoms with van der Waals surface area (Å²) in [5.41, 5.74) is 0.362. The van der Waals surface area contributed by atoms with Gasteiger partial charge in [0.1, 0.15) is 0 Å². The van der Waals surface area contributed by atoms with Crippen LogP contribution in [0.2, 0.25) is 0 Å². The second kappa shape index (κ2) is 2.78. The van der Waals surface area contributed by atoms with Crippen molar-refractivity contribution in [2.24, 2.45) is 5.92 Å². The van der Waals surface area contributed by atoms with Crippen molar-refractivity contribution in [2.45, 2.75) is 50.5 Å². The fraction of sp³-hybridized carbons (Fsp3) is 1.00. The summed E-state index contributed by atoms with van der Waals surface area (Å²) in [4.78, 5) is 0. The lowest BCUT2D eigenvalue weighted by molar-refractivity contribution is 0.0137. The normalized spacial score (nSPS) is 30.3. The van der Waals surface area contributed by atoms with E-state index in [2.05, 4.69) is 0 Å². The van der Waals surface area contributed by atoms with Crippen LogP contribution in [0.1, 0.15) is 44.9 Å². The first-order valence-corrected chi connectivity index (χ1v) is 4.92. The Hall–Kier alpha value is -0.0400. The minimum Gasteiger partial charge on any atom is -0.378 e. The van der Waals surface area contributed by atoms with Crippen molar-refractivity contribution in [3.63, 3.8) is 0 Å². The molecule has 0 radical (unpaired) electrons. The molecule has 2 aliphatic carbocycles. The lowest BCUT2D eigenvalue weighted by atomic mass is 9.84. The summed E-state index contributed by atoms with van der Waals surface area (Å²) < 4.78 is 5.59. The van der Waals surface area contributed by atoms with Crippen LogP contribution in [0.3, 0.4) is 0 Å². The summed E-state index contributed by atoms with van der Waals surface area (Å²) in [6, 6.07) is 0. The highest BCUT2D eigenvalue weighted by atomic mass is 16.5. The number of rotatable bonds is 2. The Morgan fingerprint density at radius 1 is 1.09 bits per heavy atom. The average molecular weight is 154 g/mol. The molecule has 11 heavy (non-hydrogen) atoms. The highest BCUT2D eigenvalue weighted by Gasteiger charge is 2.49. The van der Waals surface area contributed by atoms with Gasteiger partial charge in [0.25, 0.3) is 0 Å². The largest absolute Gasteiger partial charge is 0.378 e. The molecule has 2 fully saturated rings. The highest BCUT2D eigenvalue weighted by molar-refractivity contribution is 5.01.